The van der Waals surface area contributed by atoms with Gasteiger partial charge < -0.3 is 24.4 Å². The van der Waals surface area contributed by atoms with Crippen molar-refractivity contribution in [3.8, 4) is 0 Å². The predicted molar refractivity (Wildman–Crippen MR) is 132 cm³/mol. The van der Waals surface area contributed by atoms with Crippen LogP contribution in [0.2, 0.25) is 0 Å². The summed E-state index contributed by atoms with van der Waals surface area (Å²) in [7, 11) is 0. The summed E-state index contributed by atoms with van der Waals surface area (Å²) in [5.74, 6) is 1.86. The van der Waals surface area contributed by atoms with Crippen molar-refractivity contribution in [2.45, 2.75) is 104 Å². The van der Waals surface area contributed by atoms with Crippen LogP contribution in [0.3, 0.4) is 0 Å². The Kier molecular flexibility index (Phi) is 6.86. The SMILES string of the molecule is CC(=O)OC1CCC(C)(C2CCC3(C)C(CC4OC5(CCC(C)CO5)C(C)C43)C2CO)C(CO)C1. The highest BCUT2D eigenvalue weighted by Crippen LogP contribution is 2.69. The smallest absolute Gasteiger partial charge is 0.302 e. The van der Waals surface area contributed by atoms with Crippen molar-refractivity contribution >= 4 is 5.97 Å². The Bertz CT molecular complexity index is 792. The van der Waals surface area contributed by atoms with Crippen molar-refractivity contribution in [2.24, 2.45) is 52.3 Å². The van der Waals surface area contributed by atoms with Crippen LogP contribution >= 0.6 is 0 Å². The summed E-state index contributed by atoms with van der Waals surface area (Å²) in [5, 5.41) is 21.2. The van der Waals surface area contributed by atoms with Gasteiger partial charge in [0.05, 0.1) is 12.7 Å². The second-order valence-electron chi connectivity index (χ2n) is 13.5. The van der Waals surface area contributed by atoms with Gasteiger partial charge in [0.1, 0.15) is 6.10 Å². The molecule has 12 atom stereocenters. The summed E-state index contributed by atoms with van der Waals surface area (Å²) < 4.78 is 18.8. The molecular formula is C29H48O6. The van der Waals surface area contributed by atoms with Gasteiger partial charge in [-0.2, -0.15) is 0 Å². The third-order valence-corrected chi connectivity index (χ3v) is 11.8. The molecule has 6 nitrogen and oxygen atoms in total. The lowest BCUT2D eigenvalue weighted by Gasteiger charge is -2.57. The lowest BCUT2D eigenvalue weighted by Crippen LogP contribution is -2.54. The first-order chi connectivity index (χ1) is 16.6. The van der Waals surface area contributed by atoms with Gasteiger partial charge in [-0.3, -0.25) is 4.79 Å². The zero-order valence-corrected chi connectivity index (χ0v) is 22.5. The molecule has 3 saturated carbocycles. The van der Waals surface area contributed by atoms with Gasteiger partial charge in [-0.15, -0.1) is 0 Å². The number of ether oxygens (including phenoxy) is 3. The van der Waals surface area contributed by atoms with Crippen molar-refractivity contribution < 1.29 is 29.2 Å². The van der Waals surface area contributed by atoms with E-state index in [4.69, 9.17) is 14.2 Å². The van der Waals surface area contributed by atoms with E-state index in [0.717, 1.165) is 45.1 Å². The summed E-state index contributed by atoms with van der Waals surface area (Å²) in [6, 6.07) is 0. The number of aliphatic hydroxyl groups is 2. The summed E-state index contributed by atoms with van der Waals surface area (Å²) in [4.78, 5) is 11.5. The quantitative estimate of drug-likeness (QED) is 0.560. The lowest BCUT2D eigenvalue weighted by molar-refractivity contribution is -0.273. The average Bonchev–Trinajstić information content (AvgIpc) is 3.26. The predicted octanol–water partition coefficient (Wildman–Crippen LogP) is 4.56. The molecule has 2 heterocycles. The molecule has 200 valence electrons. The topological polar surface area (TPSA) is 85.2 Å². The molecular weight excluding hydrogens is 444 g/mol. The minimum Gasteiger partial charge on any atom is -0.463 e. The average molecular weight is 493 g/mol. The van der Waals surface area contributed by atoms with E-state index in [-0.39, 0.29) is 54.1 Å². The number of rotatable bonds is 4. The van der Waals surface area contributed by atoms with Gasteiger partial charge >= 0.3 is 5.97 Å². The minimum atomic E-state index is -0.412. The molecule has 5 rings (SSSR count). The van der Waals surface area contributed by atoms with Gasteiger partial charge in [-0.1, -0.05) is 27.7 Å². The maximum atomic E-state index is 11.5. The Hall–Kier alpha value is -0.690. The molecule has 5 fully saturated rings. The summed E-state index contributed by atoms with van der Waals surface area (Å²) in [6.07, 6.45) is 7.97. The van der Waals surface area contributed by atoms with Gasteiger partial charge in [0.15, 0.2) is 5.79 Å². The highest BCUT2D eigenvalue weighted by Gasteiger charge is 2.68. The normalized spacial score (nSPS) is 53.9. The highest BCUT2D eigenvalue weighted by atomic mass is 16.7. The molecule has 3 aliphatic carbocycles. The Morgan fingerprint density at radius 1 is 0.971 bits per heavy atom. The maximum Gasteiger partial charge on any atom is 0.302 e. The number of carbonyl (C=O) groups excluding carboxylic acids is 1. The number of fused-ring (bicyclic) bond motifs is 3. The first kappa shape index (κ1) is 25.9. The Balaban J connectivity index is 1.36. The molecule has 2 aliphatic heterocycles. The van der Waals surface area contributed by atoms with E-state index >= 15 is 0 Å². The van der Waals surface area contributed by atoms with Gasteiger partial charge in [-0.05, 0) is 91.3 Å². The molecule has 6 heteroatoms. The second kappa shape index (κ2) is 9.25. The van der Waals surface area contributed by atoms with Gasteiger partial charge in [0, 0.05) is 32.5 Å². The zero-order chi connectivity index (χ0) is 25.2. The third-order valence-electron chi connectivity index (χ3n) is 11.8. The van der Waals surface area contributed by atoms with E-state index in [1.54, 1.807) is 0 Å². The van der Waals surface area contributed by atoms with Crippen LogP contribution in [0.5, 0.6) is 0 Å². The Morgan fingerprint density at radius 3 is 2.34 bits per heavy atom. The van der Waals surface area contributed by atoms with E-state index in [2.05, 4.69) is 27.7 Å². The van der Waals surface area contributed by atoms with Crippen LogP contribution in [0.4, 0.5) is 0 Å². The largest absolute Gasteiger partial charge is 0.463 e. The molecule has 0 aromatic carbocycles. The standard InChI is InChI=1S/C29H48O6/c1-17-6-11-29(33-16-17)18(2)26-25(35-29)13-24-22(15-31)23(8-10-28(24,26)5)27(4)9-7-21(34-19(3)32)12-20(27)14-30/h17-18,20-26,30-31H,6-16H2,1-5H3. The Labute approximate surface area is 211 Å². The highest BCUT2D eigenvalue weighted by molar-refractivity contribution is 5.66. The van der Waals surface area contributed by atoms with E-state index in [1.165, 1.54) is 13.3 Å². The van der Waals surface area contributed by atoms with Crippen LogP contribution in [0.15, 0.2) is 0 Å². The molecule has 0 aromatic rings. The fourth-order valence-corrected chi connectivity index (χ4v) is 9.87. The van der Waals surface area contributed by atoms with Crippen molar-refractivity contribution in [1.82, 2.24) is 0 Å². The monoisotopic (exact) mass is 492 g/mol. The minimum absolute atomic E-state index is 0.0614. The second-order valence-corrected chi connectivity index (χ2v) is 13.5. The van der Waals surface area contributed by atoms with E-state index < -0.39 is 5.79 Å². The molecule has 12 unspecified atom stereocenters. The summed E-state index contributed by atoms with van der Waals surface area (Å²) >= 11 is 0. The van der Waals surface area contributed by atoms with Crippen molar-refractivity contribution in [3.05, 3.63) is 0 Å². The number of esters is 1. The van der Waals surface area contributed by atoms with Crippen LogP contribution in [-0.2, 0) is 19.0 Å². The molecule has 2 saturated heterocycles. The van der Waals surface area contributed by atoms with Crippen molar-refractivity contribution in [1.29, 1.82) is 0 Å². The first-order valence-electron chi connectivity index (χ1n) is 14.3. The van der Waals surface area contributed by atoms with Crippen LogP contribution in [0.1, 0.15) is 86.0 Å². The van der Waals surface area contributed by atoms with Crippen LogP contribution in [0.25, 0.3) is 0 Å². The molecule has 5 aliphatic rings. The summed E-state index contributed by atoms with van der Waals surface area (Å²) in [5.41, 5.74) is 0.0814. The molecule has 2 N–H and O–H groups in total. The fourth-order valence-electron chi connectivity index (χ4n) is 9.87. The maximum absolute atomic E-state index is 11.5. The number of carbonyl (C=O) groups is 1. The van der Waals surface area contributed by atoms with E-state index in [0.29, 0.717) is 36.0 Å². The van der Waals surface area contributed by atoms with Crippen molar-refractivity contribution in [3.63, 3.8) is 0 Å². The van der Waals surface area contributed by atoms with E-state index in [9.17, 15) is 15.0 Å². The number of hydrogen-bond acceptors (Lipinski definition) is 6. The third kappa shape index (κ3) is 4.00. The zero-order valence-electron chi connectivity index (χ0n) is 22.5. The first-order valence-corrected chi connectivity index (χ1v) is 14.3. The van der Waals surface area contributed by atoms with Gasteiger partial charge in [-0.25, -0.2) is 0 Å². The lowest BCUT2D eigenvalue weighted by atomic mass is 9.48. The molecule has 0 amide bonds. The molecule has 0 radical (unpaired) electrons. The van der Waals surface area contributed by atoms with Crippen LogP contribution in [0, 0.1) is 52.3 Å². The number of aliphatic hydroxyl groups excluding tert-OH is 2. The molecule has 35 heavy (non-hydrogen) atoms. The van der Waals surface area contributed by atoms with Gasteiger partial charge in [0.25, 0.3) is 0 Å². The molecule has 0 aromatic heterocycles. The molecule has 1 spiro atoms. The number of hydrogen-bond donors (Lipinski definition) is 2. The fraction of sp³-hybridized carbons (Fsp3) is 0.966. The van der Waals surface area contributed by atoms with Crippen molar-refractivity contribution in [2.75, 3.05) is 19.8 Å². The van der Waals surface area contributed by atoms with Crippen LogP contribution in [-0.4, -0.2) is 54.0 Å². The molecule has 0 bridgehead atoms. The summed E-state index contributed by atoms with van der Waals surface area (Å²) in [6.45, 7) is 12.0. The van der Waals surface area contributed by atoms with Gasteiger partial charge in [0.2, 0.25) is 0 Å². The Morgan fingerprint density at radius 2 is 1.71 bits per heavy atom. The van der Waals surface area contributed by atoms with E-state index in [1.807, 2.05) is 0 Å². The van der Waals surface area contributed by atoms with Crippen LogP contribution < -0.4 is 0 Å².